The van der Waals surface area contributed by atoms with Crippen molar-refractivity contribution in [2.75, 3.05) is 13.7 Å². The molecule has 0 unspecified atom stereocenters. The molecule has 0 aliphatic carbocycles. The fourth-order valence-corrected chi connectivity index (χ4v) is 6.67. The third-order valence-electron chi connectivity index (χ3n) is 7.78. The Balaban J connectivity index is 1.32. The van der Waals surface area contributed by atoms with Crippen LogP contribution in [0.3, 0.4) is 0 Å². The number of esters is 1. The van der Waals surface area contributed by atoms with Gasteiger partial charge in [-0.15, -0.1) is 0 Å². The molecule has 0 saturated carbocycles. The first kappa shape index (κ1) is 31.8. The monoisotopic (exact) mass is 648 g/mol. The van der Waals surface area contributed by atoms with Gasteiger partial charge in [-0.25, -0.2) is 9.79 Å². The van der Waals surface area contributed by atoms with Crippen LogP contribution in [0.4, 0.5) is 0 Å². The molecular weight excluding hydrogens is 612 g/mol. The van der Waals surface area contributed by atoms with E-state index in [2.05, 4.69) is 35.3 Å². The number of allylic oxidation sites excluding steroid dienone is 1. The fourth-order valence-electron chi connectivity index (χ4n) is 5.62. The third kappa shape index (κ3) is 6.71. The fraction of sp³-hybridized carbons (Fsp3) is 0.237. The van der Waals surface area contributed by atoms with Crippen LogP contribution < -0.4 is 29.1 Å². The first-order valence-corrected chi connectivity index (χ1v) is 16.3. The Hall–Kier alpha value is -5.15. The lowest BCUT2D eigenvalue weighted by Crippen LogP contribution is -2.40. The van der Waals surface area contributed by atoms with E-state index in [1.807, 2.05) is 62.4 Å². The van der Waals surface area contributed by atoms with Crippen LogP contribution in [0.25, 0.3) is 16.8 Å². The van der Waals surface area contributed by atoms with E-state index in [9.17, 15) is 9.59 Å². The van der Waals surface area contributed by atoms with E-state index >= 15 is 0 Å². The first-order chi connectivity index (χ1) is 22.7. The van der Waals surface area contributed by atoms with Gasteiger partial charge in [0.1, 0.15) is 12.4 Å². The SMILES string of the molecule is CCOC(=O)C1=C(C)N=c2s/c(=C\c3ccc(OCc4ccc5ccccc5c4)cc3)c(=O)n2[C@@H]1c1ccc(OC(C)C)c(OC)c1. The summed E-state index contributed by atoms with van der Waals surface area (Å²) in [6.45, 7) is 8.02. The maximum absolute atomic E-state index is 14.0. The van der Waals surface area contributed by atoms with Crippen LogP contribution in [-0.2, 0) is 16.1 Å². The maximum atomic E-state index is 14.0. The van der Waals surface area contributed by atoms with Crippen LogP contribution in [0.15, 0.2) is 106 Å². The summed E-state index contributed by atoms with van der Waals surface area (Å²) in [4.78, 5) is 32.5. The second kappa shape index (κ2) is 13.7. The van der Waals surface area contributed by atoms with Gasteiger partial charge in [-0.1, -0.05) is 65.9 Å². The summed E-state index contributed by atoms with van der Waals surface area (Å²) in [6, 6.07) is 26.8. The van der Waals surface area contributed by atoms with Crippen molar-refractivity contribution in [1.82, 2.24) is 4.57 Å². The molecule has 9 heteroatoms. The lowest BCUT2D eigenvalue weighted by Gasteiger charge is -2.25. The number of carbonyl (C=O) groups is 1. The molecule has 1 aromatic heterocycles. The normalized spacial score (nSPS) is 14.6. The predicted octanol–water partition coefficient (Wildman–Crippen LogP) is 6.33. The average molecular weight is 649 g/mol. The number of thiazole rings is 1. The van der Waals surface area contributed by atoms with Crippen LogP contribution in [-0.4, -0.2) is 30.4 Å². The highest BCUT2D eigenvalue weighted by Gasteiger charge is 2.34. The molecule has 5 aromatic rings. The summed E-state index contributed by atoms with van der Waals surface area (Å²) in [5.41, 5.74) is 3.14. The number of nitrogens with zero attached hydrogens (tertiary/aromatic N) is 2. The van der Waals surface area contributed by atoms with Gasteiger partial charge in [-0.2, -0.15) is 0 Å². The molecule has 0 amide bonds. The average Bonchev–Trinajstić information content (AvgIpc) is 3.37. The molecule has 240 valence electrons. The van der Waals surface area contributed by atoms with Crippen molar-refractivity contribution in [2.24, 2.45) is 4.99 Å². The van der Waals surface area contributed by atoms with Gasteiger partial charge < -0.3 is 18.9 Å². The van der Waals surface area contributed by atoms with E-state index in [4.69, 9.17) is 18.9 Å². The van der Waals surface area contributed by atoms with Gasteiger partial charge in [0, 0.05) is 0 Å². The number of carbonyl (C=O) groups excluding carboxylic acids is 1. The van der Waals surface area contributed by atoms with E-state index in [0.717, 1.165) is 16.9 Å². The Bertz CT molecular complexity index is 2160. The lowest BCUT2D eigenvalue weighted by atomic mass is 9.95. The second-order valence-electron chi connectivity index (χ2n) is 11.4. The third-order valence-corrected chi connectivity index (χ3v) is 8.76. The maximum Gasteiger partial charge on any atom is 0.338 e. The Labute approximate surface area is 276 Å². The van der Waals surface area contributed by atoms with Crippen molar-refractivity contribution in [3.63, 3.8) is 0 Å². The van der Waals surface area contributed by atoms with Crippen molar-refractivity contribution in [2.45, 2.75) is 46.4 Å². The highest BCUT2D eigenvalue weighted by molar-refractivity contribution is 7.07. The molecule has 1 aliphatic rings. The summed E-state index contributed by atoms with van der Waals surface area (Å²) < 4.78 is 25.1. The minimum Gasteiger partial charge on any atom is -0.493 e. The van der Waals surface area contributed by atoms with Gasteiger partial charge in [0.25, 0.3) is 5.56 Å². The Morgan fingerprint density at radius 3 is 2.47 bits per heavy atom. The number of aromatic nitrogens is 1. The Morgan fingerprint density at radius 1 is 0.979 bits per heavy atom. The molecule has 1 aliphatic heterocycles. The van der Waals surface area contributed by atoms with Crippen LogP contribution in [0, 0.1) is 0 Å². The largest absolute Gasteiger partial charge is 0.493 e. The molecule has 0 radical (unpaired) electrons. The first-order valence-electron chi connectivity index (χ1n) is 15.5. The number of benzene rings is 4. The molecule has 1 atom stereocenters. The van der Waals surface area contributed by atoms with Crippen molar-refractivity contribution < 1.29 is 23.7 Å². The minimum atomic E-state index is -0.764. The molecule has 0 spiro atoms. The van der Waals surface area contributed by atoms with Crippen LogP contribution in [0.5, 0.6) is 17.2 Å². The van der Waals surface area contributed by atoms with E-state index in [1.165, 1.54) is 22.1 Å². The second-order valence-corrected chi connectivity index (χ2v) is 12.4. The highest BCUT2D eigenvalue weighted by Crippen LogP contribution is 2.36. The zero-order valence-corrected chi connectivity index (χ0v) is 27.8. The number of hydrogen-bond donors (Lipinski definition) is 0. The number of ether oxygens (including phenoxy) is 4. The van der Waals surface area contributed by atoms with Crippen molar-refractivity contribution >= 4 is 34.2 Å². The van der Waals surface area contributed by atoms with Crippen LogP contribution >= 0.6 is 11.3 Å². The van der Waals surface area contributed by atoms with Gasteiger partial charge in [0.15, 0.2) is 16.3 Å². The minimum absolute atomic E-state index is 0.0603. The molecule has 0 bridgehead atoms. The Kier molecular flexibility index (Phi) is 9.26. The van der Waals surface area contributed by atoms with Crippen molar-refractivity contribution in [3.8, 4) is 17.2 Å². The van der Waals surface area contributed by atoms with Crippen molar-refractivity contribution in [1.29, 1.82) is 0 Å². The summed E-state index contributed by atoms with van der Waals surface area (Å²) >= 11 is 1.27. The molecule has 0 N–H and O–H groups in total. The van der Waals surface area contributed by atoms with E-state index < -0.39 is 12.0 Å². The Morgan fingerprint density at radius 2 is 1.74 bits per heavy atom. The molecule has 8 nitrogen and oxygen atoms in total. The van der Waals surface area contributed by atoms with Gasteiger partial charge in [0.2, 0.25) is 0 Å². The number of hydrogen-bond acceptors (Lipinski definition) is 8. The standard InChI is InChI=1S/C38H36N2O6S/c1-6-44-37(42)34-24(4)39-38-40(35(34)29-15-18-31(46-23(2)3)32(21-29)43-5)36(41)33(47-38)20-25-12-16-30(17-13-25)45-22-26-11-14-27-9-7-8-10-28(27)19-26/h7-21,23,35H,6,22H2,1-5H3/b33-20-/t35-/m1/s1. The summed E-state index contributed by atoms with van der Waals surface area (Å²) in [5, 5.41) is 2.37. The van der Waals surface area contributed by atoms with Gasteiger partial charge in [-0.05, 0) is 91.6 Å². The number of rotatable bonds is 10. The predicted molar refractivity (Wildman–Crippen MR) is 184 cm³/mol. The summed E-state index contributed by atoms with van der Waals surface area (Å²) in [6.07, 6.45) is 1.77. The summed E-state index contributed by atoms with van der Waals surface area (Å²) in [5.74, 6) is 1.28. The highest BCUT2D eigenvalue weighted by atomic mass is 32.1. The quantitative estimate of drug-likeness (QED) is 0.165. The van der Waals surface area contributed by atoms with Gasteiger partial charge >= 0.3 is 5.97 Å². The number of fused-ring (bicyclic) bond motifs is 2. The van der Waals surface area contributed by atoms with E-state index in [0.29, 0.717) is 44.3 Å². The molecule has 4 aromatic carbocycles. The van der Waals surface area contributed by atoms with Crippen LogP contribution in [0.2, 0.25) is 0 Å². The molecule has 2 heterocycles. The molecule has 0 saturated heterocycles. The molecular formula is C38H36N2O6S. The topological polar surface area (TPSA) is 88.4 Å². The molecule has 0 fully saturated rings. The van der Waals surface area contributed by atoms with Crippen molar-refractivity contribution in [3.05, 3.63) is 133 Å². The lowest BCUT2D eigenvalue weighted by molar-refractivity contribution is -0.139. The smallest absolute Gasteiger partial charge is 0.338 e. The summed E-state index contributed by atoms with van der Waals surface area (Å²) in [7, 11) is 1.56. The van der Waals surface area contributed by atoms with Gasteiger partial charge in [0.05, 0.1) is 41.7 Å². The van der Waals surface area contributed by atoms with Gasteiger partial charge in [-0.3, -0.25) is 9.36 Å². The molecule has 47 heavy (non-hydrogen) atoms. The molecule has 6 rings (SSSR count). The number of methoxy groups -OCH3 is 1. The van der Waals surface area contributed by atoms with Crippen LogP contribution in [0.1, 0.15) is 50.4 Å². The van der Waals surface area contributed by atoms with E-state index in [1.54, 1.807) is 37.7 Å². The zero-order chi connectivity index (χ0) is 33.1. The van der Waals surface area contributed by atoms with E-state index in [-0.39, 0.29) is 18.3 Å². The zero-order valence-electron chi connectivity index (χ0n) is 27.0.